The zero-order chi connectivity index (χ0) is 21.7. The molecule has 3 atom stereocenters. The van der Waals surface area contributed by atoms with Gasteiger partial charge in [-0.15, -0.1) is 0 Å². The minimum Gasteiger partial charge on any atom is -0.484 e. The van der Waals surface area contributed by atoms with E-state index in [0.717, 1.165) is 36.2 Å². The number of imidazole rings is 1. The van der Waals surface area contributed by atoms with Crippen molar-refractivity contribution >= 4 is 23.2 Å². The molecule has 6 nitrogen and oxygen atoms in total. The van der Waals surface area contributed by atoms with Crippen LogP contribution in [0.1, 0.15) is 23.7 Å². The van der Waals surface area contributed by atoms with Crippen LogP contribution in [-0.4, -0.2) is 44.4 Å². The molecule has 1 fully saturated rings. The average Bonchev–Trinajstić information content (AvgIpc) is 3.42. The molecule has 2 heterocycles. The van der Waals surface area contributed by atoms with E-state index in [2.05, 4.69) is 4.90 Å². The van der Waals surface area contributed by atoms with Crippen LogP contribution in [0.3, 0.4) is 0 Å². The fourth-order valence-electron chi connectivity index (χ4n) is 4.64. The third-order valence-corrected chi connectivity index (χ3v) is 6.81. The molecule has 0 radical (unpaired) electrons. The van der Waals surface area contributed by atoms with Gasteiger partial charge in [0.2, 0.25) is 0 Å². The highest BCUT2D eigenvalue weighted by atomic mass is 35.5. The molecule has 1 aliphatic carbocycles. The second-order valence-corrected chi connectivity index (χ2v) is 9.10. The third kappa shape index (κ3) is 3.78. The monoisotopic (exact) mass is 459 g/mol. The highest BCUT2D eigenvalue weighted by Gasteiger charge is 2.41. The van der Waals surface area contributed by atoms with Gasteiger partial charge >= 0.3 is 5.69 Å². The number of rotatable bonds is 4. The first-order valence-electron chi connectivity index (χ1n) is 10.3. The normalized spacial score (nSPS) is 23.3. The molecule has 0 bridgehead atoms. The van der Waals surface area contributed by atoms with E-state index in [1.165, 1.54) is 4.57 Å². The Hall–Kier alpha value is -2.25. The van der Waals surface area contributed by atoms with E-state index < -0.39 is 0 Å². The van der Waals surface area contributed by atoms with Crippen molar-refractivity contribution in [1.29, 1.82) is 0 Å². The Labute approximate surface area is 190 Å². The van der Waals surface area contributed by atoms with E-state index in [-0.39, 0.29) is 23.9 Å². The van der Waals surface area contributed by atoms with Crippen LogP contribution in [0, 0.1) is 0 Å². The number of halogens is 2. The number of aliphatic hydroxyl groups is 1. The number of ether oxygens (including phenoxy) is 1. The smallest absolute Gasteiger partial charge is 0.332 e. The lowest BCUT2D eigenvalue weighted by Gasteiger charge is -2.30. The number of benzene rings is 2. The molecular formula is C23H23Cl2N3O3. The summed E-state index contributed by atoms with van der Waals surface area (Å²) in [5, 5.41) is 11.3. The maximum absolute atomic E-state index is 12.2. The van der Waals surface area contributed by atoms with Gasteiger partial charge in [0.05, 0.1) is 17.8 Å². The lowest BCUT2D eigenvalue weighted by atomic mass is 10.1. The number of β-amino-alcohol motifs (C(OH)–C–C–N with tert-alkyl or cyclic N) is 1. The summed E-state index contributed by atoms with van der Waals surface area (Å²) in [6.45, 7) is 1.45. The predicted molar refractivity (Wildman–Crippen MR) is 121 cm³/mol. The maximum atomic E-state index is 12.2. The molecule has 162 valence electrons. The summed E-state index contributed by atoms with van der Waals surface area (Å²) in [5.41, 5.74) is 2.72. The molecule has 0 saturated carbocycles. The van der Waals surface area contributed by atoms with Crippen LogP contribution in [0.4, 0.5) is 0 Å². The van der Waals surface area contributed by atoms with Gasteiger partial charge in [-0.25, -0.2) is 4.79 Å². The van der Waals surface area contributed by atoms with E-state index in [1.54, 1.807) is 30.1 Å². The molecule has 5 rings (SSSR count). The van der Waals surface area contributed by atoms with Crippen molar-refractivity contribution in [2.24, 2.45) is 7.05 Å². The number of aryl methyl sites for hydroxylation is 1. The molecule has 0 spiro atoms. The molecule has 0 amide bonds. The highest BCUT2D eigenvalue weighted by Crippen LogP contribution is 2.43. The summed E-state index contributed by atoms with van der Waals surface area (Å²) in [4.78, 5) is 14.5. The Morgan fingerprint density at radius 3 is 2.55 bits per heavy atom. The van der Waals surface area contributed by atoms with Gasteiger partial charge in [-0.3, -0.25) is 9.47 Å². The molecule has 1 N–H and O–H groups in total. The standard InChI is InChI=1S/C23H23Cl2N3O3/c1-26-8-9-28(23(26)30)15-2-4-17(5-3-15)31-22-19-10-14(24)11-20(25)18(19)12-21(22)27-7-6-16(29)13-27/h2-5,8-11,16,21-22,29H,6-7,12-13H2,1H3/t16-,21-,22-/m1/s1. The number of likely N-dealkylation sites (tertiary alicyclic amines) is 1. The fourth-order valence-corrected chi connectivity index (χ4v) is 5.23. The van der Waals surface area contributed by atoms with Crippen LogP contribution in [-0.2, 0) is 13.5 Å². The Kier molecular flexibility index (Phi) is 5.34. The molecule has 8 heteroatoms. The quantitative estimate of drug-likeness (QED) is 0.647. The lowest BCUT2D eigenvalue weighted by molar-refractivity contribution is 0.0818. The van der Waals surface area contributed by atoms with E-state index in [0.29, 0.717) is 22.3 Å². The minimum absolute atomic E-state index is 0.0690. The Morgan fingerprint density at radius 2 is 1.90 bits per heavy atom. The average molecular weight is 460 g/mol. The van der Waals surface area contributed by atoms with Gasteiger partial charge in [-0.1, -0.05) is 23.2 Å². The summed E-state index contributed by atoms with van der Waals surface area (Å²) in [6.07, 6.45) is 4.41. The number of aliphatic hydroxyl groups excluding tert-OH is 1. The van der Waals surface area contributed by atoms with Gasteiger partial charge in [0.15, 0.2) is 0 Å². The van der Waals surface area contributed by atoms with Crippen molar-refractivity contribution in [1.82, 2.24) is 14.0 Å². The van der Waals surface area contributed by atoms with Crippen LogP contribution in [0.15, 0.2) is 53.6 Å². The number of aromatic nitrogens is 2. The summed E-state index contributed by atoms with van der Waals surface area (Å²) >= 11 is 12.8. The zero-order valence-electron chi connectivity index (χ0n) is 17.0. The van der Waals surface area contributed by atoms with Crippen molar-refractivity contribution in [3.05, 3.63) is 80.4 Å². The van der Waals surface area contributed by atoms with E-state index in [1.807, 2.05) is 30.3 Å². The van der Waals surface area contributed by atoms with Gasteiger partial charge in [0.25, 0.3) is 0 Å². The first-order valence-corrected chi connectivity index (χ1v) is 11.1. The molecule has 1 saturated heterocycles. The molecule has 3 aromatic rings. The predicted octanol–water partition coefficient (Wildman–Crippen LogP) is 3.59. The number of hydrogen-bond donors (Lipinski definition) is 1. The van der Waals surface area contributed by atoms with Crippen molar-refractivity contribution in [2.75, 3.05) is 13.1 Å². The number of hydrogen-bond acceptors (Lipinski definition) is 4. The highest BCUT2D eigenvalue weighted by molar-refractivity contribution is 6.35. The van der Waals surface area contributed by atoms with Gasteiger partial charge in [0.1, 0.15) is 11.9 Å². The second kappa shape index (κ2) is 8.02. The Bertz CT molecular complexity index is 1170. The first-order chi connectivity index (χ1) is 14.9. The van der Waals surface area contributed by atoms with Crippen molar-refractivity contribution < 1.29 is 9.84 Å². The Morgan fingerprint density at radius 1 is 1.13 bits per heavy atom. The molecular weight excluding hydrogens is 437 g/mol. The van der Waals surface area contributed by atoms with Gasteiger partial charge in [0, 0.05) is 48.1 Å². The van der Waals surface area contributed by atoms with Crippen molar-refractivity contribution in [3.8, 4) is 11.4 Å². The van der Waals surface area contributed by atoms with Gasteiger partial charge < -0.3 is 14.4 Å². The maximum Gasteiger partial charge on any atom is 0.332 e. The van der Waals surface area contributed by atoms with Crippen LogP contribution in [0.5, 0.6) is 5.75 Å². The number of nitrogens with zero attached hydrogens (tertiary/aromatic N) is 3. The number of fused-ring (bicyclic) bond motifs is 1. The zero-order valence-corrected chi connectivity index (χ0v) is 18.6. The van der Waals surface area contributed by atoms with Crippen molar-refractivity contribution in [3.63, 3.8) is 0 Å². The largest absolute Gasteiger partial charge is 0.484 e. The second-order valence-electron chi connectivity index (χ2n) is 8.26. The van der Waals surface area contributed by atoms with Crippen LogP contribution in [0.25, 0.3) is 5.69 Å². The van der Waals surface area contributed by atoms with Crippen LogP contribution in [0.2, 0.25) is 10.0 Å². The fraction of sp³-hybridized carbons (Fsp3) is 0.348. The molecule has 0 unspecified atom stereocenters. The molecule has 1 aromatic heterocycles. The summed E-state index contributed by atoms with van der Waals surface area (Å²) in [7, 11) is 1.72. The molecule has 2 aromatic carbocycles. The Balaban J connectivity index is 1.45. The van der Waals surface area contributed by atoms with Gasteiger partial charge in [-0.2, -0.15) is 0 Å². The third-order valence-electron chi connectivity index (χ3n) is 6.25. The van der Waals surface area contributed by atoms with Gasteiger partial charge in [-0.05, 0) is 54.8 Å². The SMILES string of the molecule is Cn1ccn(-c2ccc(O[C@@H]3c4cc(Cl)cc(Cl)c4C[C@H]3N3CC[C@@H](O)C3)cc2)c1=O. The summed E-state index contributed by atoms with van der Waals surface area (Å²) in [6, 6.07) is 11.2. The first kappa shape index (κ1) is 20.6. The van der Waals surface area contributed by atoms with E-state index >= 15 is 0 Å². The summed E-state index contributed by atoms with van der Waals surface area (Å²) < 4.78 is 9.58. The van der Waals surface area contributed by atoms with Crippen LogP contribution < -0.4 is 10.4 Å². The van der Waals surface area contributed by atoms with Crippen molar-refractivity contribution in [2.45, 2.75) is 31.1 Å². The van der Waals surface area contributed by atoms with E-state index in [9.17, 15) is 9.90 Å². The topological polar surface area (TPSA) is 59.6 Å². The van der Waals surface area contributed by atoms with E-state index in [4.69, 9.17) is 27.9 Å². The lowest BCUT2D eigenvalue weighted by Crippen LogP contribution is -2.39. The summed E-state index contributed by atoms with van der Waals surface area (Å²) in [5.74, 6) is 0.700. The molecule has 2 aliphatic rings. The molecule has 31 heavy (non-hydrogen) atoms. The minimum atomic E-state index is -0.313. The molecule has 1 aliphatic heterocycles. The van der Waals surface area contributed by atoms with Crippen LogP contribution >= 0.6 is 23.2 Å².